The standard InChI is InChI=1S/C21H20ClNO3S/c1-3-14(2)23-20(24)19(27-21(23)25)12-15-8-5-7-11-18(15)26-13-16-9-4-6-10-17(16)22/h4-12,14H,3,13H2,1-2H3/b19-12+/t14-/m0/s1. The molecule has 1 heterocycles. The first kappa shape index (κ1) is 19.5. The molecule has 1 atom stereocenters. The van der Waals surface area contributed by atoms with Crippen LogP contribution >= 0.6 is 23.4 Å². The molecule has 0 aliphatic carbocycles. The Balaban J connectivity index is 1.82. The summed E-state index contributed by atoms with van der Waals surface area (Å²) in [6.07, 6.45) is 2.44. The Morgan fingerprint density at radius 1 is 1.15 bits per heavy atom. The van der Waals surface area contributed by atoms with Crippen molar-refractivity contribution in [2.45, 2.75) is 32.9 Å². The van der Waals surface area contributed by atoms with E-state index in [0.717, 1.165) is 29.3 Å². The van der Waals surface area contributed by atoms with Crippen molar-refractivity contribution in [1.82, 2.24) is 4.90 Å². The third-order valence-electron chi connectivity index (χ3n) is 4.40. The second-order valence-electron chi connectivity index (χ2n) is 6.23. The molecule has 0 aromatic heterocycles. The zero-order valence-corrected chi connectivity index (χ0v) is 16.7. The van der Waals surface area contributed by atoms with Gasteiger partial charge in [0.1, 0.15) is 12.4 Å². The molecule has 4 nitrogen and oxygen atoms in total. The number of carbonyl (C=O) groups excluding carboxylic acids is 2. The summed E-state index contributed by atoms with van der Waals surface area (Å²) < 4.78 is 5.92. The summed E-state index contributed by atoms with van der Waals surface area (Å²) in [5, 5.41) is 0.416. The third kappa shape index (κ3) is 4.37. The van der Waals surface area contributed by atoms with E-state index in [1.54, 1.807) is 6.08 Å². The summed E-state index contributed by atoms with van der Waals surface area (Å²) in [5.74, 6) is 0.382. The number of rotatable bonds is 6. The van der Waals surface area contributed by atoms with Crippen molar-refractivity contribution < 1.29 is 14.3 Å². The topological polar surface area (TPSA) is 46.6 Å². The summed E-state index contributed by atoms with van der Waals surface area (Å²) >= 11 is 7.15. The van der Waals surface area contributed by atoms with Crippen LogP contribution in [-0.2, 0) is 11.4 Å². The van der Waals surface area contributed by atoms with Crippen LogP contribution < -0.4 is 4.74 Å². The van der Waals surface area contributed by atoms with Crippen molar-refractivity contribution in [2.75, 3.05) is 0 Å². The molecule has 0 spiro atoms. The number of hydrogen-bond acceptors (Lipinski definition) is 4. The summed E-state index contributed by atoms with van der Waals surface area (Å²) in [7, 11) is 0. The highest BCUT2D eigenvalue weighted by Crippen LogP contribution is 2.35. The van der Waals surface area contributed by atoms with Crippen molar-refractivity contribution >= 4 is 40.6 Å². The lowest BCUT2D eigenvalue weighted by molar-refractivity contribution is -0.124. The van der Waals surface area contributed by atoms with Gasteiger partial charge in [-0.2, -0.15) is 0 Å². The van der Waals surface area contributed by atoms with Crippen LogP contribution in [0.2, 0.25) is 5.02 Å². The number of halogens is 1. The fourth-order valence-corrected chi connectivity index (χ4v) is 3.80. The summed E-state index contributed by atoms with van der Waals surface area (Å²) in [6.45, 7) is 4.15. The molecule has 1 fully saturated rings. The van der Waals surface area contributed by atoms with E-state index in [9.17, 15) is 9.59 Å². The van der Waals surface area contributed by atoms with E-state index in [1.807, 2.05) is 62.4 Å². The molecule has 6 heteroatoms. The molecular weight excluding hydrogens is 382 g/mol. The minimum absolute atomic E-state index is 0.116. The van der Waals surface area contributed by atoms with Gasteiger partial charge in [-0.1, -0.05) is 54.9 Å². The van der Waals surface area contributed by atoms with Crippen LogP contribution in [0.25, 0.3) is 6.08 Å². The van der Waals surface area contributed by atoms with E-state index >= 15 is 0 Å². The van der Waals surface area contributed by atoms with Crippen LogP contribution in [0.5, 0.6) is 5.75 Å². The van der Waals surface area contributed by atoms with Gasteiger partial charge in [0.2, 0.25) is 0 Å². The number of imide groups is 1. The second-order valence-corrected chi connectivity index (χ2v) is 7.63. The maximum absolute atomic E-state index is 12.6. The molecule has 2 aromatic carbocycles. The Hall–Kier alpha value is -2.24. The Morgan fingerprint density at radius 3 is 2.59 bits per heavy atom. The molecule has 3 rings (SSSR count). The first-order chi connectivity index (χ1) is 13.0. The molecule has 0 bridgehead atoms. The van der Waals surface area contributed by atoms with Gasteiger partial charge < -0.3 is 4.74 Å². The molecule has 1 aliphatic rings. The normalized spacial score (nSPS) is 16.9. The quantitative estimate of drug-likeness (QED) is 0.578. The van der Waals surface area contributed by atoms with E-state index in [4.69, 9.17) is 16.3 Å². The summed E-state index contributed by atoms with van der Waals surface area (Å²) in [4.78, 5) is 26.5. The zero-order chi connectivity index (χ0) is 19.4. The second kappa shape index (κ2) is 8.63. The van der Waals surface area contributed by atoms with Gasteiger partial charge in [0.15, 0.2) is 0 Å². The molecule has 140 valence electrons. The van der Waals surface area contributed by atoms with Crippen molar-refractivity contribution in [2.24, 2.45) is 0 Å². The average molecular weight is 402 g/mol. The Bertz CT molecular complexity index is 897. The maximum atomic E-state index is 12.6. The Labute approximate surface area is 168 Å². The van der Waals surface area contributed by atoms with E-state index < -0.39 is 0 Å². The molecule has 0 N–H and O–H groups in total. The number of amides is 2. The van der Waals surface area contributed by atoms with Crippen molar-refractivity contribution in [3.8, 4) is 5.75 Å². The van der Waals surface area contributed by atoms with Crippen LogP contribution in [0.3, 0.4) is 0 Å². The van der Waals surface area contributed by atoms with Crippen LogP contribution in [-0.4, -0.2) is 22.1 Å². The highest BCUT2D eigenvalue weighted by Gasteiger charge is 2.37. The fraction of sp³-hybridized carbons (Fsp3) is 0.238. The van der Waals surface area contributed by atoms with Crippen molar-refractivity contribution in [3.63, 3.8) is 0 Å². The van der Waals surface area contributed by atoms with Crippen LogP contribution in [0.4, 0.5) is 4.79 Å². The molecule has 1 saturated heterocycles. The van der Waals surface area contributed by atoms with Crippen molar-refractivity contribution in [3.05, 3.63) is 69.6 Å². The van der Waals surface area contributed by atoms with Gasteiger partial charge in [-0.05, 0) is 43.3 Å². The van der Waals surface area contributed by atoms with Crippen LogP contribution in [0, 0.1) is 0 Å². The Kier molecular flexibility index (Phi) is 6.24. The minimum atomic E-state index is -0.250. The average Bonchev–Trinajstić information content (AvgIpc) is 2.95. The number of para-hydroxylation sites is 1. The third-order valence-corrected chi connectivity index (χ3v) is 5.65. The lowest BCUT2D eigenvalue weighted by atomic mass is 10.1. The SMILES string of the molecule is CC[C@H](C)N1C(=O)S/C(=C/c2ccccc2OCc2ccccc2Cl)C1=O. The smallest absolute Gasteiger partial charge is 0.293 e. The predicted octanol–water partition coefficient (Wildman–Crippen LogP) is 5.75. The van der Waals surface area contributed by atoms with E-state index in [2.05, 4.69) is 0 Å². The molecular formula is C21H20ClNO3S. The molecule has 1 aliphatic heterocycles. The van der Waals surface area contributed by atoms with Crippen molar-refractivity contribution in [1.29, 1.82) is 0 Å². The van der Waals surface area contributed by atoms with Gasteiger partial charge >= 0.3 is 0 Å². The maximum Gasteiger partial charge on any atom is 0.293 e. The van der Waals surface area contributed by atoms with Gasteiger partial charge in [-0.3, -0.25) is 14.5 Å². The highest BCUT2D eigenvalue weighted by molar-refractivity contribution is 8.18. The summed E-state index contributed by atoms with van der Waals surface area (Å²) in [5.41, 5.74) is 1.63. The first-order valence-corrected chi connectivity index (χ1v) is 9.93. The Morgan fingerprint density at radius 2 is 1.85 bits per heavy atom. The number of ether oxygens (including phenoxy) is 1. The number of thioether (sulfide) groups is 1. The summed E-state index contributed by atoms with van der Waals surface area (Å²) in [6, 6.07) is 14.8. The monoisotopic (exact) mass is 401 g/mol. The van der Waals surface area contributed by atoms with E-state index in [0.29, 0.717) is 22.3 Å². The van der Waals surface area contributed by atoms with E-state index in [1.165, 1.54) is 4.90 Å². The predicted molar refractivity (Wildman–Crippen MR) is 110 cm³/mol. The molecule has 0 saturated carbocycles. The zero-order valence-electron chi connectivity index (χ0n) is 15.1. The van der Waals surface area contributed by atoms with Crippen LogP contribution in [0.1, 0.15) is 31.4 Å². The van der Waals surface area contributed by atoms with Gasteiger partial charge in [0.05, 0.1) is 4.91 Å². The molecule has 0 radical (unpaired) electrons. The largest absolute Gasteiger partial charge is 0.488 e. The lowest BCUT2D eigenvalue weighted by Crippen LogP contribution is -2.36. The minimum Gasteiger partial charge on any atom is -0.488 e. The number of carbonyl (C=O) groups is 2. The van der Waals surface area contributed by atoms with Gasteiger partial charge in [-0.25, -0.2) is 0 Å². The first-order valence-electron chi connectivity index (χ1n) is 8.73. The van der Waals surface area contributed by atoms with Crippen LogP contribution in [0.15, 0.2) is 53.4 Å². The highest BCUT2D eigenvalue weighted by atomic mass is 35.5. The van der Waals surface area contributed by atoms with E-state index in [-0.39, 0.29) is 17.2 Å². The molecule has 27 heavy (non-hydrogen) atoms. The molecule has 2 amide bonds. The molecule has 0 unspecified atom stereocenters. The molecule has 2 aromatic rings. The van der Waals surface area contributed by atoms with Gasteiger partial charge in [-0.15, -0.1) is 0 Å². The number of hydrogen-bond donors (Lipinski definition) is 0. The fourth-order valence-electron chi connectivity index (χ4n) is 2.69. The number of benzene rings is 2. The lowest BCUT2D eigenvalue weighted by Gasteiger charge is -2.19. The van der Waals surface area contributed by atoms with Gasteiger partial charge in [0.25, 0.3) is 11.1 Å². The number of nitrogens with zero attached hydrogens (tertiary/aromatic N) is 1. The van der Waals surface area contributed by atoms with Gasteiger partial charge in [0, 0.05) is 22.2 Å².